The molecule has 0 nitrogen and oxygen atoms in total. The van der Waals surface area contributed by atoms with Crippen molar-refractivity contribution in [3.63, 3.8) is 0 Å². The minimum absolute atomic E-state index is 0.405. The summed E-state index contributed by atoms with van der Waals surface area (Å²) in [5.74, 6) is 0.405. The lowest BCUT2D eigenvalue weighted by atomic mass is 9.94. The SMILES string of the molecule is Clc1cccc(CC(CBr)c2cccc(Cl)c2)c1. The van der Waals surface area contributed by atoms with Crippen LogP contribution in [0.15, 0.2) is 48.5 Å². The Labute approximate surface area is 126 Å². The van der Waals surface area contributed by atoms with E-state index in [2.05, 4.69) is 28.1 Å². The van der Waals surface area contributed by atoms with Crippen LogP contribution in [-0.2, 0) is 6.42 Å². The van der Waals surface area contributed by atoms with E-state index in [9.17, 15) is 0 Å². The van der Waals surface area contributed by atoms with Gasteiger partial charge in [0.15, 0.2) is 0 Å². The number of benzene rings is 2. The minimum Gasteiger partial charge on any atom is -0.0921 e. The first-order valence-corrected chi connectivity index (χ1v) is 7.62. The molecule has 2 aromatic rings. The highest BCUT2D eigenvalue weighted by molar-refractivity contribution is 9.09. The molecule has 2 rings (SSSR count). The summed E-state index contributed by atoms with van der Waals surface area (Å²) >= 11 is 15.6. The Bertz CT molecular complexity index is 525. The number of alkyl halides is 1. The quantitative estimate of drug-likeness (QED) is 0.623. The minimum atomic E-state index is 0.405. The Morgan fingerprint density at radius 2 is 1.61 bits per heavy atom. The van der Waals surface area contributed by atoms with Gasteiger partial charge in [-0.2, -0.15) is 0 Å². The number of halogens is 3. The molecule has 0 saturated carbocycles. The Kier molecular flexibility index (Phi) is 5.11. The highest BCUT2D eigenvalue weighted by Crippen LogP contribution is 2.26. The molecule has 3 heteroatoms. The predicted octanol–water partition coefficient (Wildman–Crippen LogP) is 5.71. The van der Waals surface area contributed by atoms with E-state index in [0.29, 0.717) is 5.92 Å². The molecule has 1 unspecified atom stereocenters. The van der Waals surface area contributed by atoms with Crippen molar-refractivity contribution in [3.05, 3.63) is 69.7 Å². The summed E-state index contributed by atoms with van der Waals surface area (Å²) in [6.07, 6.45) is 0.951. The van der Waals surface area contributed by atoms with Crippen molar-refractivity contribution in [2.45, 2.75) is 12.3 Å². The van der Waals surface area contributed by atoms with Gasteiger partial charge in [-0.1, -0.05) is 63.4 Å². The first kappa shape index (κ1) is 13.9. The van der Waals surface area contributed by atoms with Crippen molar-refractivity contribution in [2.24, 2.45) is 0 Å². The molecular weight excluding hydrogens is 331 g/mol. The van der Waals surface area contributed by atoms with Crippen molar-refractivity contribution >= 4 is 39.1 Å². The van der Waals surface area contributed by atoms with Gasteiger partial charge in [0.2, 0.25) is 0 Å². The molecule has 94 valence electrons. The molecule has 1 atom stereocenters. The molecule has 0 aliphatic carbocycles. The largest absolute Gasteiger partial charge is 0.0921 e. The molecule has 2 aromatic carbocycles. The molecule has 0 bridgehead atoms. The van der Waals surface area contributed by atoms with Crippen molar-refractivity contribution in [1.29, 1.82) is 0 Å². The number of rotatable bonds is 4. The third-order valence-electron chi connectivity index (χ3n) is 2.88. The van der Waals surface area contributed by atoms with E-state index in [1.54, 1.807) is 0 Å². The molecule has 0 fully saturated rings. The maximum atomic E-state index is 6.04. The second kappa shape index (κ2) is 6.60. The molecule has 0 N–H and O–H groups in total. The van der Waals surface area contributed by atoms with Crippen LogP contribution in [0.4, 0.5) is 0 Å². The van der Waals surface area contributed by atoms with Crippen molar-refractivity contribution < 1.29 is 0 Å². The molecule has 0 aliphatic rings. The summed E-state index contributed by atoms with van der Waals surface area (Å²) in [5.41, 5.74) is 2.49. The summed E-state index contributed by atoms with van der Waals surface area (Å²) in [7, 11) is 0. The fourth-order valence-corrected chi connectivity index (χ4v) is 2.98. The Morgan fingerprint density at radius 3 is 2.22 bits per heavy atom. The molecule has 0 amide bonds. The molecule has 0 saturated heterocycles. The summed E-state index contributed by atoms with van der Waals surface area (Å²) in [6, 6.07) is 16.0. The average Bonchev–Trinajstić information content (AvgIpc) is 2.36. The molecule has 0 radical (unpaired) electrons. The van der Waals surface area contributed by atoms with E-state index in [0.717, 1.165) is 21.8 Å². The zero-order valence-corrected chi connectivity index (χ0v) is 12.8. The van der Waals surface area contributed by atoms with Crippen molar-refractivity contribution in [3.8, 4) is 0 Å². The van der Waals surface area contributed by atoms with Crippen LogP contribution in [-0.4, -0.2) is 5.33 Å². The van der Waals surface area contributed by atoms with Gasteiger partial charge in [-0.15, -0.1) is 0 Å². The monoisotopic (exact) mass is 342 g/mol. The van der Waals surface area contributed by atoms with Crippen LogP contribution in [0.25, 0.3) is 0 Å². The standard InChI is InChI=1S/C15H13BrCl2/c16-10-13(12-4-2-6-15(18)9-12)7-11-3-1-5-14(17)8-11/h1-6,8-9,13H,7,10H2. The fourth-order valence-electron chi connectivity index (χ4n) is 1.97. The molecule has 0 aromatic heterocycles. The Balaban J connectivity index is 2.19. The molecule has 0 spiro atoms. The van der Waals surface area contributed by atoms with E-state index in [1.807, 2.05) is 36.4 Å². The lowest BCUT2D eigenvalue weighted by molar-refractivity contribution is 0.776. The van der Waals surface area contributed by atoms with Gasteiger partial charge in [0, 0.05) is 15.4 Å². The maximum Gasteiger partial charge on any atom is 0.0408 e. The van der Waals surface area contributed by atoms with Crippen molar-refractivity contribution in [2.75, 3.05) is 5.33 Å². The van der Waals surface area contributed by atoms with Crippen LogP contribution in [0.5, 0.6) is 0 Å². The topological polar surface area (TPSA) is 0 Å². The van der Waals surface area contributed by atoms with E-state index in [4.69, 9.17) is 23.2 Å². The zero-order chi connectivity index (χ0) is 13.0. The van der Waals surface area contributed by atoms with Gasteiger partial charge >= 0.3 is 0 Å². The second-order valence-electron chi connectivity index (χ2n) is 4.24. The molecule has 0 aliphatic heterocycles. The highest BCUT2D eigenvalue weighted by atomic mass is 79.9. The summed E-state index contributed by atoms with van der Waals surface area (Å²) < 4.78 is 0. The maximum absolute atomic E-state index is 6.04. The predicted molar refractivity (Wildman–Crippen MR) is 83.1 cm³/mol. The summed E-state index contributed by atoms with van der Waals surface area (Å²) in [6.45, 7) is 0. The van der Waals surface area contributed by atoms with E-state index >= 15 is 0 Å². The lowest BCUT2D eigenvalue weighted by Gasteiger charge is -2.15. The van der Waals surface area contributed by atoms with E-state index < -0.39 is 0 Å². The van der Waals surface area contributed by atoms with E-state index in [1.165, 1.54) is 11.1 Å². The molecule has 0 heterocycles. The van der Waals surface area contributed by atoms with Gasteiger partial charge in [-0.05, 0) is 47.7 Å². The highest BCUT2D eigenvalue weighted by Gasteiger charge is 2.11. The fraction of sp³-hybridized carbons (Fsp3) is 0.200. The van der Waals surface area contributed by atoms with Crippen LogP contribution >= 0.6 is 39.1 Å². The zero-order valence-electron chi connectivity index (χ0n) is 9.74. The van der Waals surface area contributed by atoms with Crippen LogP contribution in [0.2, 0.25) is 10.0 Å². The average molecular weight is 344 g/mol. The first-order chi connectivity index (χ1) is 8.69. The van der Waals surface area contributed by atoms with Crippen LogP contribution in [0, 0.1) is 0 Å². The van der Waals surface area contributed by atoms with Gasteiger partial charge in [0.1, 0.15) is 0 Å². The Hall–Kier alpha value is -0.500. The van der Waals surface area contributed by atoms with Gasteiger partial charge in [0.05, 0.1) is 0 Å². The van der Waals surface area contributed by atoms with Gasteiger partial charge < -0.3 is 0 Å². The molecular formula is C15H13BrCl2. The van der Waals surface area contributed by atoms with Gasteiger partial charge in [-0.25, -0.2) is 0 Å². The normalized spacial score (nSPS) is 12.4. The lowest BCUT2D eigenvalue weighted by Crippen LogP contribution is -2.04. The smallest absolute Gasteiger partial charge is 0.0408 e. The summed E-state index contributed by atoms with van der Waals surface area (Å²) in [4.78, 5) is 0. The van der Waals surface area contributed by atoms with Gasteiger partial charge in [-0.3, -0.25) is 0 Å². The van der Waals surface area contributed by atoms with E-state index in [-0.39, 0.29) is 0 Å². The summed E-state index contributed by atoms with van der Waals surface area (Å²) in [5, 5.41) is 2.47. The number of hydrogen-bond donors (Lipinski definition) is 0. The first-order valence-electron chi connectivity index (χ1n) is 5.75. The van der Waals surface area contributed by atoms with Crippen LogP contribution in [0.1, 0.15) is 17.0 Å². The van der Waals surface area contributed by atoms with Crippen LogP contribution < -0.4 is 0 Å². The van der Waals surface area contributed by atoms with Crippen LogP contribution in [0.3, 0.4) is 0 Å². The molecule has 18 heavy (non-hydrogen) atoms. The second-order valence-corrected chi connectivity index (χ2v) is 5.76. The van der Waals surface area contributed by atoms with Gasteiger partial charge in [0.25, 0.3) is 0 Å². The van der Waals surface area contributed by atoms with Crippen molar-refractivity contribution in [1.82, 2.24) is 0 Å². The third kappa shape index (κ3) is 3.74. The third-order valence-corrected chi connectivity index (χ3v) is 4.13. The Morgan fingerprint density at radius 1 is 0.944 bits per heavy atom. The number of hydrogen-bond acceptors (Lipinski definition) is 0.